The zero-order chi connectivity index (χ0) is 32.1. The molecule has 1 heteroatoms. The van der Waals surface area contributed by atoms with Gasteiger partial charge >= 0.3 is 0 Å². The molecule has 0 spiro atoms. The van der Waals surface area contributed by atoms with E-state index in [1.807, 2.05) is 6.07 Å². The van der Waals surface area contributed by atoms with Crippen LogP contribution in [0, 0.1) is 0 Å². The lowest BCUT2D eigenvalue weighted by molar-refractivity contribution is 0.673. The van der Waals surface area contributed by atoms with Gasteiger partial charge in [0.25, 0.3) is 0 Å². The molecule has 0 atom stereocenters. The molecule has 0 aliphatic carbocycles. The number of hydrogen-bond donors (Lipinski definition) is 0. The summed E-state index contributed by atoms with van der Waals surface area (Å²) in [5.74, 6) is 0. The quantitative estimate of drug-likeness (QED) is 0.175. The topological polar surface area (TPSA) is 13.1 Å². The standard InChI is InChI=1S/C48H28O/c1-2-10-35-32(9-1)28-44(37-12-4-3-11-36(35)37)33-20-18-29-17-19-30(25-34(29)26-33)31-21-22-39-42-23-24-43-40-14-7-8-16-46(40)49-48(43)47(42)41-15-6-5-13-38(41)45(39)27-31/h1-28H. The summed E-state index contributed by atoms with van der Waals surface area (Å²) in [4.78, 5) is 0. The van der Waals surface area contributed by atoms with Crippen LogP contribution in [0.3, 0.4) is 0 Å². The third kappa shape index (κ3) is 3.87. The summed E-state index contributed by atoms with van der Waals surface area (Å²) >= 11 is 0. The van der Waals surface area contributed by atoms with Crippen LogP contribution in [0.2, 0.25) is 0 Å². The molecular formula is C48H28O. The third-order valence-corrected chi connectivity index (χ3v) is 10.6. The number of rotatable bonds is 2. The van der Waals surface area contributed by atoms with Gasteiger partial charge in [0.2, 0.25) is 0 Å². The molecule has 0 bridgehead atoms. The van der Waals surface area contributed by atoms with Gasteiger partial charge < -0.3 is 4.42 Å². The Balaban J connectivity index is 1.11. The van der Waals surface area contributed by atoms with Crippen molar-refractivity contribution < 1.29 is 4.42 Å². The Labute approximate surface area is 282 Å². The smallest absolute Gasteiger partial charge is 0.143 e. The number of para-hydroxylation sites is 1. The normalized spacial score (nSPS) is 12.1. The van der Waals surface area contributed by atoms with Crippen molar-refractivity contribution >= 4 is 86.6 Å². The molecule has 1 nitrogen and oxygen atoms in total. The van der Waals surface area contributed by atoms with Crippen LogP contribution in [-0.2, 0) is 0 Å². The van der Waals surface area contributed by atoms with Gasteiger partial charge in [-0.3, -0.25) is 0 Å². The minimum absolute atomic E-state index is 0.929. The summed E-state index contributed by atoms with van der Waals surface area (Å²) in [6.45, 7) is 0. The van der Waals surface area contributed by atoms with Gasteiger partial charge in [0.1, 0.15) is 11.2 Å². The highest BCUT2D eigenvalue weighted by molar-refractivity contribution is 6.32. The lowest BCUT2D eigenvalue weighted by Crippen LogP contribution is -1.87. The van der Waals surface area contributed by atoms with Crippen LogP contribution in [0.1, 0.15) is 0 Å². The SMILES string of the molecule is c1ccc2c(c1)cc(-c1ccc3ccc(-c4ccc5c(c4)c4ccccc4c4c5ccc5c6ccccc6oc54)cc3c1)c1ccccc12. The minimum Gasteiger partial charge on any atom is -0.455 e. The average Bonchev–Trinajstić information content (AvgIpc) is 3.56. The van der Waals surface area contributed by atoms with Crippen molar-refractivity contribution in [1.29, 1.82) is 0 Å². The van der Waals surface area contributed by atoms with Gasteiger partial charge in [0, 0.05) is 16.2 Å². The molecule has 0 aliphatic rings. The Hall–Kier alpha value is -6.44. The third-order valence-electron chi connectivity index (χ3n) is 10.6. The van der Waals surface area contributed by atoms with E-state index in [0.717, 1.165) is 21.9 Å². The predicted octanol–water partition coefficient (Wildman–Crippen LogP) is 13.8. The second-order valence-corrected chi connectivity index (χ2v) is 13.2. The molecule has 226 valence electrons. The molecule has 49 heavy (non-hydrogen) atoms. The number of furan rings is 1. The molecule has 0 amide bonds. The van der Waals surface area contributed by atoms with Gasteiger partial charge in [-0.2, -0.15) is 0 Å². The van der Waals surface area contributed by atoms with Crippen molar-refractivity contribution in [2.24, 2.45) is 0 Å². The highest BCUT2D eigenvalue weighted by Gasteiger charge is 2.17. The number of fused-ring (bicyclic) bond motifs is 14. The first-order valence-electron chi connectivity index (χ1n) is 16.9. The Morgan fingerprint density at radius 3 is 1.69 bits per heavy atom. The molecule has 11 aromatic rings. The van der Waals surface area contributed by atoms with E-state index in [9.17, 15) is 0 Å². The van der Waals surface area contributed by atoms with E-state index in [-0.39, 0.29) is 0 Å². The van der Waals surface area contributed by atoms with Crippen LogP contribution in [0.5, 0.6) is 0 Å². The van der Waals surface area contributed by atoms with E-state index in [1.165, 1.54) is 86.9 Å². The molecule has 0 radical (unpaired) electrons. The average molecular weight is 621 g/mol. The first kappa shape index (κ1) is 26.6. The second-order valence-electron chi connectivity index (χ2n) is 13.2. The van der Waals surface area contributed by atoms with Gasteiger partial charge in [-0.05, 0) is 118 Å². The summed E-state index contributed by atoms with van der Waals surface area (Å²) in [5, 5.41) is 17.3. The monoisotopic (exact) mass is 620 g/mol. The van der Waals surface area contributed by atoms with E-state index >= 15 is 0 Å². The van der Waals surface area contributed by atoms with Crippen molar-refractivity contribution in [1.82, 2.24) is 0 Å². The highest BCUT2D eigenvalue weighted by atomic mass is 16.3. The molecule has 0 saturated carbocycles. The lowest BCUT2D eigenvalue weighted by Gasteiger charge is -2.13. The Bertz CT molecular complexity index is 3140. The van der Waals surface area contributed by atoms with Crippen molar-refractivity contribution in [3.63, 3.8) is 0 Å². The van der Waals surface area contributed by atoms with Crippen LogP contribution >= 0.6 is 0 Å². The summed E-state index contributed by atoms with van der Waals surface area (Å²) in [5.41, 5.74) is 6.82. The van der Waals surface area contributed by atoms with Crippen LogP contribution < -0.4 is 0 Å². The number of benzene rings is 10. The van der Waals surface area contributed by atoms with E-state index < -0.39 is 0 Å². The number of hydrogen-bond acceptors (Lipinski definition) is 1. The predicted molar refractivity (Wildman–Crippen MR) is 210 cm³/mol. The maximum Gasteiger partial charge on any atom is 0.143 e. The molecule has 1 aromatic heterocycles. The Morgan fingerprint density at radius 2 is 0.837 bits per heavy atom. The molecule has 0 unspecified atom stereocenters. The highest BCUT2D eigenvalue weighted by Crippen LogP contribution is 2.43. The van der Waals surface area contributed by atoms with E-state index in [1.54, 1.807) is 0 Å². The van der Waals surface area contributed by atoms with E-state index in [4.69, 9.17) is 4.42 Å². The van der Waals surface area contributed by atoms with Crippen molar-refractivity contribution in [2.75, 3.05) is 0 Å². The van der Waals surface area contributed by atoms with Gasteiger partial charge in [0.05, 0.1) is 0 Å². The zero-order valence-electron chi connectivity index (χ0n) is 26.6. The molecule has 0 saturated heterocycles. The van der Waals surface area contributed by atoms with Crippen molar-refractivity contribution in [2.45, 2.75) is 0 Å². The fourth-order valence-electron chi connectivity index (χ4n) is 8.29. The molecule has 10 aromatic carbocycles. The molecule has 0 N–H and O–H groups in total. The van der Waals surface area contributed by atoms with Crippen molar-refractivity contribution in [3.8, 4) is 22.3 Å². The van der Waals surface area contributed by atoms with Gasteiger partial charge in [-0.1, -0.05) is 133 Å². The molecule has 0 aliphatic heterocycles. The molecule has 1 heterocycles. The van der Waals surface area contributed by atoms with E-state index in [2.05, 4.69) is 164 Å². The summed E-state index contributed by atoms with van der Waals surface area (Å²) in [7, 11) is 0. The van der Waals surface area contributed by atoms with E-state index in [0.29, 0.717) is 0 Å². The molecule has 11 rings (SSSR count). The van der Waals surface area contributed by atoms with Crippen LogP contribution in [0.15, 0.2) is 174 Å². The summed E-state index contributed by atoms with van der Waals surface area (Å²) < 4.78 is 6.54. The molecule has 0 fully saturated rings. The Morgan fingerprint density at radius 1 is 0.286 bits per heavy atom. The van der Waals surface area contributed by atoms with Crippen LogP contribution in [-0.4, -0.2) is 0 Å². The second kappa shape index (κ2) is 10.0. The van der Waals surface area contributed by atoms with Gasteiger partial charge in [-0.25, -0.2) is 0 Å². The largest absolute Gasteiger partial charge is 0.455 e. The van der Waals surface area contributed by atoms with Crippen LogP contribution in [0.25, 0.3) is 109 Å². The summed E-state index contributed by atoms with van der Waals surface area (Å²) in [6.07, 6.45) is 0. The fourth-order valence-corrected chi connectivity index (χ4v) is 8.29. The minimum atomic E-state index is 0.929. The Kier molecular flexibility index (Phi) is 5.45. The first-order chi connectivity index (χ1) is 24.3. The van der Waals surface area contributed by atoms with Gasteiger partial charge in [-0.15, -0.1) is 0 Å². The maximum atomic E-state index is 6.54. The van der Waals surface area contributed by atoms with Gasteiger partial charge in [0.15, 0.2) is 0 Å². The van der Waals surface area contributed by atoms with Crippen molar-refractivity contribution in [3.05, 3.63) is 170 Å². The zero-order valence-corrected chi connectivity index (χ0v) is 26.6. The first-order valence-corrected chi connectivity index (χ1v) is 16.9. The summed E-state index contributed by atoms with van der Waals surface area (Å²) in [6, 6.07) is 62.2. The lowest BCUT2D eigenvalue weighted by atomic mass is 9.90. The molecular weight excluding hydrogens is 593 g/mol. The maximum absolute atomic E-state index is 6.54. The fraction of sp³-hybridized carbons (Fsp3) is 0. The van der Waals surface area contributed by atoms with Crippen LogP contribution in [0.4, 0.5) is 0 Å².